The summed E-state index contributed by atoms with van der Waals surface area (Å²) in [5.41, 5.74) is 1.49. The third-order valence-corrected chi connectivity index (χ3v) is 6.48. The number of fused-ring (bicyclic) bond motifs is 3. The van der Waals surface area contributed by atoms with E-state index in [1.165, 1.54) is 7.11 Å². The number of carbonyl (C=O) groups excluding carboxylic acids is 1. The Morgan fingerprint density at radius 3 is 2.48 bits per heavy atom. The Bertz CT molecular complexity index is 912. The summed E-state index contributed by atoms with van der Waals surface area (Å²) in [6.07, 6.45) is 0. The Balaban J connectivity index is 1.90. The number of esters is 1. The normalized spacial score (nSPS) is 29.2. The second-order valence-corrected chi connectivity index (χ2v) is 7.86. The molecule has 0 saturated carbocycles. The van der Waals surface area contributed by atoms with Gasteiger partial charge in [-0.05, 0) is 11.6 Å². The van der Waals surface area contributed by atoms with Gasteiger partial charge in [0, 0.05) is 11.5 Å². The van der Waals surface area contributed by atoms with Gasteiger partial charge in [0.25, 0.3) is 0 Å². The number of ether oxygens (including phenoxy) is 1. The fourth-order valence-electron chi connectivity index (χ4n) is 3.79. The third-order valence-electron chi connectivity index (χ3n) is 4.83. The van der Waals surface area contributed by atoms with Crippen molar-refractivity contribution in [2.45, 2.75) is 23.3 Å². The van der Waals surface area contributed by atoms with Crippen molar-refractivity contribution >= 4 is 16.1 Å². The van der Waals surface area contributed by atoms with Gasteiger partial charge < -0.3 is 8.92 Å². The van der Waals surface area contributed by atoms with Crippen LogP contribution in [0.4, 0.5) is 0 Å². The number of carbonyl (C=O) groups is 1. The number of benzene rings is 2. The van der Waals surface area contributed by atoms with Crippen LogP contribution < -0.4 is 9.50 Å². The molecule has 2 aliphatic heterocycles. The lowest BCUT2D eigenvalue weighted by atomic mass is 9.88. The van der Waals surface area contributed by atoms with E-state index in [9.17, 15) is 13.2 Å². The Hall–Kier alpha value is -2.38. The minimum absolute atomic E-state index is 0.271. The van der Waals surface area contributed by atoms with Crippen LogP contribution in [-0.4, -0.2) is 32.8 Å². The number of rotatable bonds is 2. The van der Waals surface area contributed by atoms with Crippen LogP contribution in [0.25, 0.3) is 0 Å². The minimum atomic E-state index is -3.92. The molecule has 6 nitrogen and oxygen atoms in total. The standard InChI is InChI=1S/C18H17NO5S/c1-23-18(20)16-14-12-9-5-6-10-13(12)24-25(21,22)17(14)15(19-16)11-7-3-2-4-8-11/h2-10,14-17,19H,1H3/t14-,15+,16+,17-/m1/s1. The molecule has 0 aromatic heterocycles. The number of hydrogen-bond donors (Lipinski definition) is 1. The summed E-state index contributed by atoms with van der Waals surface area (Å²) in [5, 5.41) is 2.25. The first-order valence-electron chi connectivity index (χ1n) is 7.94. The lowest BCUT2D eigenvalue weighted by Gasteiger charge is -2.31. The predicted molar refractivity (Wildman–Crippen MR) is 90.6 cm³/mol. The Labute approximate surface area is 145 Å². The van der Waals surface area contributed by atoms with E-state index in [1.54, 1.807) is 24.3 Å². The molecule has 0 radical (unpaired) electrons. The summed E-state index contributed by atoms with van der Waals surface area (Å²) >= 11 is 0. The van der Waals surface area contributed by atoms with E-state index in [4.69, 9.17) is 8.92 Å². The molecule has 2 aliphatic rings. The lowest BCUT2D eigenvalue weighted by molar-refractivity contribution is -0.143. The predicted octanol–water partition coefficient (Wildman–Crippen LogP) is 1.75. The zero-order valence-corrected chi connectivity index (χ0v) is 14.3. The molecule has 0 spiro atoms. The molecule has 2 aromatic rings. The van der Waals surface area contributed by atoms with Gasteiger partial charge >= 0.3 is 16.1 Å². The van der Waals surface area contributed by atoms with E-state index in [1.807, 2.05) is 30.3 Å². The summed E-state index contributed by atoms with van der Waals surface area (Å²) in [6.45, 7) is 0. The Kier molecular flexibility index (Phi) is 3.77. The summed E-state index contributed by atoms with van der Waals surface area (Å²) in [5.74, 6) is -0.791. The fraction of sp³-hybridized carbons (Fsp3) is 0.278. The topological polar surface area (TPSA) is 81.7 Å². The highest BCUT2D eigenvalue weighted by Crippen LogP contribution is 2.49. The maximum atomic E-state index is 12.9. The van der Waals surface area contributed by atoms with Crippen molar-refractivity contribution in [2.24, 2.45) is 0 Å². The first-order valence-corrected chi connectivity index (χ1v) is 9.41. The molecule has 1 N–H and O–H groups in total. The highest BCUT2D eigenvalue weighted by molar-refractivity contribution is 7.87. The van der Waals surface area contributed by atoms with Crippen molar-refractivity contribution in [1.29, 1.82) is 0 Å². The van der Waals surface area contributed by atoms with Crippen LogP contribution >= 0.6 is 0 Å². The third kappa shape index (κ3) is 2.51. The quantitative estimate of drug-likeness (QED) is 0.650. The molecule has 0 unspecified atom stereocenters. The van der Waals surface area contributed by atoms with Gasteiger partial charge in [-0.15, -0.1) is 0 Å². The van der Waals surface area contributed by atoms with E-state index in [2.05, 4.69) is 5.32 Å². The van der Waals surface area contributed by atoms with E-state index in [0.29, 0.717) is 5.56 Å². The van der Waals surface area contributed by atoms with Crippen LogP contribution in [0.1, 0.15) is 23.1 Å². The molecule has 1 fully saturated rings. The molecule has 130 valence electrons. The van der Waals surface area contributed by atoms with Gasteiger partial charge in [-0.2, -0.15) is 8.42 Å². The summed E-state index contributed by atoms with van der Waals surface area (Å²) < 4.78 is 35.9. The number of hydrogen-bond acceptors (Lipinski definition) is 6. The molecule has 1 saturated heterocycles. The smallest absolute Gasteiger partial charge is 0.323 e. The van der Waals surface area contributed by atoms with E-state index in [0.717, 1.165) is 5.56 Å². The molecule has 2 aromatic carbocycles. The van der Waals surface area contributed by atoms with Gasteiger partial charge in [0.1, 0.15) is 17.0 Å². The van der Waals surface area contributed by atoms with Crippen molar-refractivity contribution in [3.63, 3.8) is 0 Å². The number of para-hydroxylation sites is 1. The van der Waals surface area contributed by atoms with Gasteiger partial charge in [-0.1, -0.05) is 48.5 Å². The number of nitrogens with one attached hydrogen (secondary N) is 1. The van der Waals surface area contributed by atoms with Gasteiger partial charge in [0.15, 0.2) is 0 Å². The van der Waals surface area contributed by atoms with E-state index in [-0.39, 0.29) is 5.75 Å². The molecule has 0 aliphatic carbocycles. The largest absolute Gasteiger partial charge is 0.468 e. The van der Waals surface area contributed by atoms with Crippen LogP contribution in [0.5, 0.6) is 5.75 Å². The van der Waals surface area contributed by atoms with Crippen LogP contribution in [0, 0.1) is 0 Å². The summed E-state index contributed by atoms with van der Waals surface area (Å²) in [6, 6.07) is 14.8. The average molecular weight is 359 g/mol. The zero-order valence-electron chi connectivity index (χ0n) is 13.5. The number of methoxy groups -OCH3 is 1. The molecule has 4 atom stereocenters. The SMILES string of the molecule is COC(=O)[C@H]1N[C@@H](c2ccccc2)[C@H]2[C@@H]1c1ccccc1OS2(=O)=O. The first kappa shape index (κ1) is 16.1. The van der Waals surface area contributed by atoms with E-state index >= 15 is 0 Å². The second kappa shape index (κ2) is 5.86. The molecule has 4 rings (SSSR count). The van der Waals surface area contributed by atoms with Gasteiger partial charge in [0.2, 0.25) is 0 Å². The average Bonchev–Trinajstić information content (AvgIpc) is 3.03. The van der Waals surface area contributed by atoms with Gasteiger partial charge in [-0.3, -0.25) is 10.1 Å². The second-order valence-electron chi connectivity index (χ2n) is 6.16. The van der Waals surface area contributed by atoms with Crippen molar-refractivity contribution in [1.82, 2.24) is 5.32 Å². The molecule has 7 heteroatoms. The molecule has 0 bridgehead atoms. The maximum Gasteiger partial charge on any atom is 0.323 e. The van der Waals surface area contributed by atoms with Crippen molar-refractivity contribution < 1.29 is 22.1 Å². The highest BCUT2D eigenvalue weighted by Gasteiger charge is 2.57. The highest BCUT2D eigenvalue weighted by atomic mass is 32.2. The Morgan fingerprint density at radius 2 is 1.76 bits per heavy atom. The minimum Gasteiger partial charge on any atom is -0.468 e. The van der Waals surface area contributed by atoms with Crippen LogP contribution in [0.3, 0.4) is 0 Å². The monoisotopic (exact) mass is 359 g/mol. The van der Waals surface area contributed by atoms with Crippen LogP contribution in [-0.2, 0) is 19.6 Å². The van der Waals surface area contributed by atoms with Crippen LogP contribution in [0.15, 0.2) is 54.6 Å². The molecular formula is C18H17NO5S. The molecule has 0 amide bonds. The summed E-state index contributed by atoms with van der Waals surface area (Å²) in [7, 11) is -2.62. The van der Waals surface area contributed by atoms with Crippen LogP contribution in [0.2, 0.25) is 0 Å². The maximum absolute atomic E-state index is 12.9. The van der Waals surface area contributed by atoms with Crippen molar-refractivity contribution in [3.8, 4) is 5.75 Å². The van der Waals surface area contributed by atoms with Gasteiger partial charge in [-0.25, -0.2) is 0 Å². The molecule has 2 heterocycles. The van der Waals surface area contributed by atoms with Crippen molar-refractivity contribution in [2.75, 3.05) is 7.11 Å². The zero-order chi connectivity index (χ0) is 17.6. The lowest BCUT2D eigenvalue weighted by Crippen LogP contribution is -2.40. The Morgan fingerprint density at radius 1 is 1.08 bits per heavy atom. The van der Waals surface area contributed by atoms with Gasteiger partial charge in [0.05, 0.1) is 13.2 Å². The molecule has 25 heavy (non-hydrogen) atoms. The van der Waals surface area contributed by atoms with Crippen molar-refractivity contribution in [3.05, 3.63) is 65.7 Å². The summed E-state index contributed by atoms with van der Waals surface area (Å²) in [4.78, 5) is 12.3. The fourth-order valence-corrected chi connectivity index (χ4v) is 5.54. The first-order chi connectivity index (χ1) is 12.0. The van der Waals surface area contributed by atoms with E-state index < -0.39 is 39.3 Å². The molecular weight excluding hydrogens is 342 g/mol.